The fraction of sp³-hybridized carbons (Fsp3) is 0.647. The van der Waals surface area contributed by atoms with Crippen LogP contribution in [0.15, 0.2) is 30.3 Å². The van der Waals surface area contributed by atoms with Crippen molar-refractivity contribution >= 4 is 0 Å². The molecule has 1 aromatic carbocycles. The van der Waals surface area contributed by atoms with Gasteiger partial charge in [0.15, 0.2) is 0 Å². The molecule has 1 aromatic rings. The molecule has 19 heavy (non-hydrogen) atoms. The third kappa shape index (κ3) is 4.24. The molecule has 2 aliphatic carbocycles. The summed E-state index contributed by atoms with van der Waals surface area (Å²) < 4.78 is 5.69. The molecular formula is C17H25NO. The molecule has 0 saturated heterocycles. The van der Waals surface area contributed by atoms with Gasteiger partial charge in [0, 0.05) is 0 Å². The highest BCUT2D eigenvalue weighted by atomic mass is 16.5. The number of rotatable bonds is 9. The molecule has 2 fully saturated rings. The van der Waals surface area contributed by atoms with E-state index < -0.39 is 0 Å². The number of hydrogen-bond donors (Lipinski definition) is 1. The van der Waals surface area contributed by atoms with E-state index in [2.05, 4.69) is 5.32 Å². The van der Waals surface area contributed by atoms with Crippen LogP contribution in [0.3, 0.4) is 0 Å². The summed E-state index contributed by atoms with van der Waals surface area (Å²) in [6.07, 6.45) is 7.04. The first kappa shape index (κ1) is 13.0. The monoisotopic (exact) mass is 259 g/mol. The predicted molar refractivity (Wildman–Crippen MR) is 78.4 cm³/mol. The van der Waals surface area contributed by atoms with Gasteiger partial charge in [-0.2, -0.15) is 0 Å². The minimum atomic E-state index is 0.814. The van der Waals surface area contributed by atoms with Crippen LogP contribution in [0, 0.1) is 17.8 Å². The van der Waals surface area contributed by atoms with Crippen LogP contribution in [-0.2, 0) is 0 Å². The van der Waals surface area contributed by atoms with Gasteiger partial charge in [0.05, 0.1) is 6.61 Å². The summed E-state index contributed by atoms with van der Waals surface area (Å²) in [7, 11) is 0. The molecule has 0 aromatic heterocycles. The standard InChI is InChI=1S/C17H25NO/c1-2-5-16(6-3-1)19-12-4-11-18-13-17(14-7-8-14)15-9-10-15/h1-3,5-6,14-15,17-18H,4,7-13H2. The van der Waals surface area contributed by atoms with Gasteiger partial charge < -0.3 is 10.1 Å². The maximum absolute atomic E-state index is 5.69. The lowest BCUT2D eigenvalue weighted by molar-refractivity contribution is 0.302. The number of para-hydroxylation sites is 1. The lowest BCUT2D eigenvalue weighted by atomic mass is 9.98. The van der Waals surface area contributed by atoms with Crippen molar-refractivity contribution < 1.29 is 4.74 Å². The Morgan fingerprint density at radius 1 is 1.05 bits per heavy atom. The van der Waals surface area contributed by atoms with Crippen LogP contribution in [0.5, 0.6) is 5.75 Å². The molecular weight excluding hydrogens is 234 g/mol. The highest BCUT2D eigenvalue weighted by Gasteiger charge is 2.40. The lowest BCUT2D eigenvalue weighted by Gasteiger charge is -2.16. The van der Waals surface area contributed by atoms with E-state index in [1.807, 2.05) is 30.3 Å². The average Bonchev–Trinajstić information content (AvgIpc) is 3.31. The van der Waals surface area contributed by atoms with Crippen molar-refractivity contribution in [2.45, 2.75) is 32.1 Å². The zero-order valence-corrected chi connectivity index (χ0v) is 11.7. The fourth-order valence-corrected chi connectivity index (χ4v) is 2.94. The van der Waals surface area contributed by atoms with Gasteiger partial charge in [0.1, 0.15) is 5.75 Å². The summed E-state index contributed by atoms with van der Waals surface area (Å²) >= 11 is 0. The quantitative estimate of drug-likeness (QED) is 0.686. The Morgan fingerprint density at radius 2 is 1.74 bits per heavy atom. The van der Waals surface area contributed by atoms with Crippen LogP contribution in [0.1, 0.15) is 32.1 Å². The number of benzene rings is 1. The second-order valence-electron chi connectivity index (χ2n) is 6.06. The summed E-state index contributed by atoms with van der Waals surface area (Å²) in [6.45, 7) is 3.14. The van der Waals surface area contributed by atoms with Gasteiger partial charge >= 0.3 is 0 Å². The summed E-state index contributed by atoms with van der Waals surface area (Å²) in [5.41, 5.74) is 0. The van der Waals surface area contributed by atoms with E-state index >= 15 is 0 Å². The molecule has 0 amide bonds. The van der Waals surface area contributed by atoms with E-state index in [0.29, 0.717) is 0 Å². The zero-order valence-electron chi connectivity index (χ0n) is 11.7. The van der Waals surface area contributed by atoms with Crippen LogP contribution >= 0.6 is 0 Å². The molecule has 0 radical (unpaired) electrons. The van der Waals surface area contributed by atoms with Crippen molar-refractivity contribution in [2.24, 2.45) is 17.8 Å². The van der Waals surface area contributed by atoms with Crippen molar-refractivity contribution in [3.8, 4) is 5.75 Å². The van der Waals surface area contributed by atoms with Crippen molar-refractivity contribution in [1.82, 2.24) is 5.32 Å². The topological polar surface area (TPSA) is 21.3 Å². The Kier molecular flexibility index (Phi) is 4.39. The summed E-state index contributed by atoms with van der Waals surface area (Å²) in [5, 5.41) is 3.63. The van der Waals surface area contributed by atoms with Crippen molar-refractivity contribution in [1.29, 1.82) is 0 Å². The SMILES string of the molecule is c1ccc(OCCCNCC(C2CC2)C2CC2)cc1. The van der Waals surface area contributed by atoms with Crippen LogP contribution < -0.4 is 10.1 Å². The van der Waals surface area contributed by atoms with Crippen LogP contribution in [0.4, 0.5) is 0 Å². The van der Waals surface area contributed by atoms with Crippen molar-refractivity contribution in [3.05, 3.63) is 30.3 Å². The highest BCUT2D eigenvalue weighted by Crippen LogP contribution is 2.48. The van der Waals surface area contributed by atoms with Gasteiger partial charge in [0.2, 0.25) is 0 Å². The van der Waals surface area contributed by atoms with Gasteiger partial charge in [-0.25, -0.2) is 0 Å². The number of hydrogen-bond acceptors (Lipinski definition) is 2. The molecule has 2 heteroatoms. The van der Waals surface area contributed by atoms with Crippen molar-refractivity contribution in [3.63, 3.8) is 0 Å². The first-order valence-corrected chi connectivity index (χ1v) is 7.82. The second-order valence-corrected chi connectivity index (χ2v) is 6.06. The molecule has 0 aliphatic heterocycles. The molecule has 1 N–H and O–H groups in total. The van der Waals surface area contributed by atoms with E-state index in [1.165, 1.54) is 32.2 Å². The first-order chi connectivity index (χ1) is 9.43. The third-order valence-corrected chi connectivity index (χ3v) is 4.34. The minimum absolute atomic E-state index is 0.814. The summed E-state index contributed by atoms with van der Waals surface area (Å²) in [4.78, 5) is 0. The van der Waals surface area contributed by atoms with Gasteiger partial charge in [-0.05, 0) is 75.1 Å². The highest BCUT2D eigenvalue weighted by molar-refractivity contribution is 5.20. The maximum atomic E-state index is 5.69. The molecule has 0 unspecified atom stereocenters. The minimum Gasteiger partial charge on any atom is -0.494 e. The maximum Gasteiger partial charge on any atom is 0.119 e. The van der Waals surface area contributed by atoms with Crippen LogP contribution in [0.2, 0.25) is 0 Å². The van der Waals surface area contributed by atoms with E-state index in [1.54, 1.807) is 0 Å². The fourth-order valence-electron chi connectivity index (χ4n) is 2.94. The Bertz CT molecular complexity index is 358. The van der Waals surface area contributed by atoms with Gasteiger partial charge in [-0.15, -0.1) is 0 Å². The third-order valence-electron chi connectivity index (χ3n) is 4.34. The molecule has 104 valence electrons. The van der Waals surface area contributed by atoms with Gasteiger partial charge in [-0.1, -0.05) is 18.2 Å². The molecule has 2 nitrogen and oxygen atoms in total. The van der Waals surface area contributed by atoms with E-state index in [9.17, 15) is 0 Å². The normalized spacial score (nSPS) is 18.8. The van der Waals surface area contributed by atoms with Gasteiger partial charge in [0.25, 0.3) is 0 Å². The molecule has 0 atom stereocenters. The molecule has 3 rings (SSSR count). The zero-order chi connectivity index (χ0) is 12.9. The van der Waals surface area contributed by atoms with E-state index in [0.717, 1.165) is 43.1 Å². The summed E-state index contributed by atoms with van der Waals surface area (Å²) in [6, 6.07) is 10.1. The smallest absolute Gasteiger partial charge is 0.119 e. The van der Waals surface area contributed by atoms with Crippen molar-refractivity contribution in [2.75, 3.05) is 19.7 Å². The number of ether oxygens (including phenoxy) is 1. The molecule has 2 saturated carbocycles. The Hall–Kier alpha value is -1.02. The predicted octanol–water partition coefficient (Wildman–Crippen LogP) is 3.48. The second kappa shape index (κ2) is 6.42. The first-order valence-electron chi connectivity index (χ1n) is 7.82. The van der Waals surface area contributed by atoms with Crippen LogP contribution in [-0.4, -0.2) is 19.7 Å². The average molecular weight is 259 g/mol. The lowest BCUT2D eigenvalue weighted by Crippen LogP contribution is -2.27. The molecule has 0 heterocycles. The van der Waals surface area contributed by atoms with E-state index in [-0.39, 0.29) is 0 Å². The Balaban J connectivity index is 1.25. The molecule has 2 aliphatic rings. The largest absolute Gasteiger partial charge is 0.494 e. The molecule has 0 spiro atoms. The summed E-state index contributed by atoms with van der Waals surface area (Å²) in [5.74, 6) is 4.08. The Morgan fingerprint density at radius 3 is 2.37 bits per heavy atom. The number of nitrogens with one attached hydrogen (secondary N) is 1. The van der Waals surface area contributed by atoms with Gasteiger partial charge in [-0.3, -0.25) is 0 Å². The Labute approximate surface area is 116 Å². The molecule has 0 bridgehead atoms. The van der Waals surface area contributed by atoms with Crippen LogP contribution in [0.25, 0.3) is 0 Å². The van der Waals surface area contributed by atoms with E-state index in [4.69, 9.17) is 4.74 Å².